The van der Waals surface area contributed by atoms with Gasteiger partial charge in [0.2, 0.25) is 0 Å². The monoisotopic (exact) mass is 385 g/mol. The summed E-state index contributed by atoms with van der Waals surface area (Å²) < 4.78 is 0. The Balaban J connectivity index is 2.07. The predicted octanol–water partition coefficient (Wildman–Crippen LogP) is 8.45. The lowest BCUT2D eigenvalue weighted by molar-refractivity contribution is 0.506. The molecule has 152 valence electrons. The van der Waals surface area contributed by atoms with E-state index in [0.29, 0.717) is 0 Å². The van der Waals surface area contributed by atoms with E-state index in [2.05, 4.69) is 126 Å². The van der Waals surface area contributed by atoms with E-state index in [-0.39, 0.29) is 10.8 Å². The number of anilines is 3. The maximum atomic E-state index is 2.35. The van der Waals surface area contributed by atoms with Gasteiger partial charge in [-0.3, -0.25) is 0 Å². The van der Waals surface area contributed by atoms with Crippen molar-refractivity contribution in [3.8, 4) is 0 Å². The van der Waals surface area contributed by atoms with Crippen LogP contribution in [0.3, 0.4) is 0 Å². The Morgan fingerprint density at radius 2 is 1.17 bits per heavy atom. The fraction of sp³-hybridized carbons (Fsp3) is 0.357. The van der Waals surface area contributed by atoms with Crippen molar-refractivity contribution in [2.24, 2.45) is 0 Å². The van der Waals surface area contributed by atoms with Crippen molar-refractivity contribution in [1.82, 2.24) is 0 Å². The van der Waals surface area contributed by atoms with Crippen LogP contribution in [0.2, 0.25) is 0 Å². The highest BCUT2D eigenvalue weighted by Crippen LogP contribution is 2.37. The summed E-state index contributed by atoms with van der Waals surface area (Å²) in [6.07, 6.45) is 1.13. The number of benzene rings is 3. The predicted molar refractivity (Wildman–Crippen MR) is 128 cm³/mol. The van der Waals surface area contributed by atoms with Crippen molar-refractivity contribution < 1.29 is 0 Å². The number of hydrogen-bond acceptors (Lipinski definition) is 1. The molecule has 0 aliphatic rings. The molecule has 0 aromatic heterocycles. The molecule has 0 N–H and O–H groups in total. The van der Waals surface area contributed by atoms with Gasteiger partial charge in [-0.1, -0.05) is 77.9 Å². The van der Waals surface area contributed by atoms with Gasteiger partial charge in [0.05, 0.1) is 0 Å². The molecule has 0 radical (unpaired) electrons. The van der Waals surface area contributed by atoms with Gasteiger partial charge in [-0.2, -0.15) is 0 Å². The van der Waals surface area contributed by atoms with E-state index in [1.807, 2.05) is 0 Å². The van der Waals surface area contributed by atoms with Crippen LogP contribution in [0.5, 0.6) is 0 Å². The van der Waals surface area contributed by atoms with Gasteiger partial charge in [-0.25, -0.2) is 0 Å². The van der Waals surface area contributed by atoms with Crippen LogP contribution >= 0.6 is 0 Å². The van der Waals surface area contributed by atoms with Gasteiger partial charge < -0.3 is 4.90 Å². The zero-order valence-electron chi connectivity index (χ0n) is 19.1. The van der Waals surface area contributed by atoms with Crippen molar-refractivity contribution >= 4 is 17.1 Å². The van der Waals surface area contributed by atoms with E-state index in [9.17, 15) is 0 Å². The van der Waals surface area contributed by atoms with Crippen molar-refractivity contribution in [1.29, 1.82) is 0 Å². The molecule has 0 spiro atoms. The topological polar surface area (TPSA) is 3.24 Å². The van der Waals surface area contributed by atoms with Crippen LogP contribution in [0.1, 0.15) is 64.7 Å². The highest BCUT2D eigenvalue weighted by Gasteiger charge is 2.20. The second-order valence-electron chi connectivity index (χ2n) is 9.76. The van der Waals surface area contributed by atoms with Gasteiger partial charge in [-0.05, 0) is 77.3 Å². The van der Waals surface area contributed by atoms with Gasteiger partial charge in [0.25, 0.3) is 0 Å². The second-order valence-corrected chi connectivity index (χ2v) is 9.76. The number of rotatable bonds is 5. The van der Waals surface area contributed by atoms with Gasteiger partial charge in [0, 0.05) is 17.1 Å². The first-order chi connectivity index (χ1) is 13.6. The van der Waals surface area contributed by atoms with Crippen molar-refractivity contribution in [3.05, 3.63) is 89.5 Å². The van der Waals surface area contributed by atoms with Crippen molar-refractivity contribution in [2.45, 2.75) is 65.7 Å². The molecule has 1 heteroatoms. The molecule has 0 heterocycles. The number of aryl methyl sites for hydroxylation is 1. The zero-order valence-corrected chi connectivity index (χ0v) is 19.1. The second kappa shape index (κ2) is 8.06. The first kappa shape index (κ1) is 21.2. The third-order valence-corrected chi connectivity index (χ3v) is 6.04. The maximum absolute atomic E-state index is 2.35. The molecule has 0 bridgehead atoms. The lowest BCUT2D eigenvalue weighted by Gasteiger charge is -2.29. The maximum Gasteiger partial charge on any atom is 0.0464 e. The minimum Gasteiger partial charge on any atom is -0.310 e. The average Bonchev–Trinajstić information content (AvgIpc) is 2.68. The first-order valence-corrected chi connectivity index (χ1v) is 10.7. The highest BCUT2D eigenvalue weighted by atomic mass is 15.1. The van der Waals surface area contributed by atoms with E-state index >= 15 is 0 Å². The Morgan fingerprint density at radius 3 is 1.62 bits per heavy atom. The molecule has 0 saturated heterocycles. The normalized spacial score (nSPS) is 12.1. The molecular formula is C28H35N. The molecule has 3 aromatic carbocycles. The quantitative estimate of drug-likeness (QED) is 0.426. The fourth-order valence-electron chi connectivity index (χ4n) is 3.59. The van der Waals surface area contributed by atoms with Gasteiger partial charge >= 0.3 is 0 Å². The van der Waals surface area contributed by atoms with Crippen molar-refractivity contribution in [3.63, 3.8) is 0 Å². The van der Waals surface area contributed by atoms with Crippen molar-refractivity contribution in [2.75, 3.05) is 4.90 Å². The molecule has 0 atom stereocenters. The molecule has 0 saturated carbocycles. The standard InChI is InChI=1S/C28H35N/c1-8-28(6,7)23-14-18-25(19-15-23)29(26-11-9-10-21(2)20-26)24-16-12-22(13-17-24)27(3,4)5/h9-20H,8H2,1-7H3. The van der Waals surface area contributed by atoms with Crippen LogP contribution in [0.25, 0.3) is 0 Å². The van der Waals surface area contributed by atoms with E-state index in [1.165, 1.54) is 33.8 Å². The minimum absolute atomic E-state index is 0.153. The molecule has 0 aliphatic carbocycles. The average molecular weight is 386 g/mol. The molecule has 0 unspecified atom stereocenters. The summed E-state index contributed by atoms with van der Waals surface area (Å²) in [5, 5.41) is 0. The molecule has 0 amide bonds. The largest absolute Gasteiger partial charge is 0.310 e. The molecule has 3 rings (SSSR count). The summed E-state index contributed by atoms with van der Waals surface area (Å²) in [7, 11) is 0. The van der Waals surface area contributed by atoms with Crippen LogP contribution in [-0.4, -0.2) is 0 Å². The van der Waals surface area contributed by atoms with E-state index in [0.717, 1.165) is 6.42 Å². The molecule has 0 fully saturated rings. The molecule has 3 aromatic rings. The summed E-state index contributed by atoms with van der Waals surface area (Å²) >= 11 is 0. The van der Waals surface area contributed by atoms with E-state index < -0.39 is 0 Å². The number of nitrogens with zero attached hydrogens (tertiary/aromatic N) is 1. The van der Waals surface area contributed by atoms with Crippen LogP contribution < -0.4 is 4.90 Å². The Hall–Kier alpha value is -2.54. The van der Waals surface area contributed by atoms with Gasteiger partial charge in [-0.15, -0.1) is 0 Å². The van der Waals surface area contributed by atoms with Crippen LogP contribution in [0.15, 0.2) is 72.8 Å². The minimum atomic E-state index is 0.153. The molecular weight excluding hydrogens is 350 g/mol. The Morgan fingerprint density at radius 1 is 0.655 bits per heavy atom. The Kier molecular flexibility index (Phi) is 5.89. The number of hydrogen-bond donors (Lipinski definition) is 0. The van der Waals surface area contributed by atoms with Gasteiger partial charge in [0.1, 0.15) is 0 Å². The van der Waals surface area contributed by atoms with Crippen LogP contribution in [0.4, 0.5) is 17.1 Å². The van der Waals surface area contributed by atoms with Crippen LogP contribution in [0, 0.1) is 6.92 Å². The summed E-state index contributed by atoms with van der Waals surface area (Å²) in [5.41, 5.74) is 7.92. The van der Waals surface area contributed by atoms with Crippen LogP contribution in [-0.2, 0) is 10.8 Å². The summed E-state index contributed by atoms with van der Waals surface area (Å²) in [6, 6.07) is 26.8. The smallest absolute Gasteiger partial charge is 0.0464 e. The summed E-state index contributed by atoms with van der Waals surface area (Å²) in [5.74, 6) is 0. The summed E-state index contributed by atoms with van der Waals surface area (Å²) in [6.45, 7) is 15.8. The third-order valence-electron chi connectivity index (χ3n) is 6.04. The Labute approximate surface area is 177 Å². The fourth-order valence-corrected chi connectivity index (χ4v) is 3.59. The third kappa shape index (κ3) is 4.72. The molecule has 29 heavy (non-hydrogen) atoms. The molecule has 0 aliphatic heterocycles. The van der Waals surface area contributed by atoms with E-state index in [1.54, 1.807) is 0 Å². The SMILES string of the molecule is CCC(C)(C)c1ccc(N(c2ccc(C(C)(C)C)cc2)c2cccc(C)c2)cc1. The summed E-state index contributed by atoms with van der Waals surface area (Å²) in [4.78, 5) is 2.35. The lowest BCUT2D eigenvalue weighted by atomic mass is 9.82. The molecule has 1 nitrogen and oxygen atoms in total. The van der Waals surface area contributed by atoms with Gasteiger partial charge in [0.15, 0.2) is 0 Å². The van der Waals surface area contributed by atoms with E-state index in [4.69, 9.17) is 0 Å². The zero-order chi connectivity index (χ0) is 21.2. The Bertz CT molecular complexity index is 941. The lowest BCUT2D eigenvalue weighted by Crippen LogP contribution is -2.16. The highest BCUT2D eigenvalue weighted by molar-refractivity contribution is 5.77. The first-order valence-electron chi connectivity index (χ1n) is 10.7.